The van der Waals surface area contributed by atoms with Crippen LogP contribution < -0.4 is 10.6 Å². The summed E-state index contributed by atoms with van der Waals surface area (Å²) in [5.74, 6) is -0.0182. The Kier molecular flexibility index (Phi) is 5.06. The largest absolute Gasteiger partial charge is 0.325 e. The molecule has 1 atom stereocenters. The molecule has 3 aromatic rings. The number of halogens is 2. The lowest BCUT2D eigenvalue weighted by molar-refractivity contribution is -0.123. The molecule has 0 saturated carbocycles. The molecular weight excluding hydrogens is 411 g/mol. The number of hydrogen-bond donors (Lipinski definition) is 2. The number of nitrogens with zero attached hydrogens (tertiary/aromatic N) is 2. The van der Waals surface area contributed by atoms with Crippen molar-refractivity contribution in [3.05, 3.63) is 63.8 Å². The summed E-state index contributed by atoms with van der Waals surface area (Å²) in [6.07, 6.45) is -0.0733. The van der Waals surface area contributed by atoms with E-state index >= 15 is 0 Å². The van der Waals surface area contributed by atoms with E-state index in [0.29, 0.717) is 21.6 Å². The van der Waals surface area contributed by atoms with Crippen molar-refractivity contribution in [2.45, 2.75) is 26.3 Å². The number of hydrogen-bond acceptors (Lipinski definition) is 3. The number of benzene rings is 2. The van der Waals surface area contributed by atoms with Gasteiger partial charge in [0.05, 0.1) is 22.8 Å². The van der Waals surface area contributed by atoms with Crippen LogP contribution in [-0.4, -0.2) is 21.6 Å². The van der Waals surface area contributed by atoms with Crippen LogP contribution in [0.25, 0.3) is 11.1 Å². The SMILES string of the molecule is Cc1ccc(-c2c(C)nn3c2NC(=O)C3CC(=O)Nc2cc(Cl)ccc2Cl)cc1. The van der Waals surface area contributed by atoms with Crippen LogP contribution in [0, 0.1) is 13.8 Å². The maximum Gasteiger partial charge on any atom is 0.251 e. The predicted octanol–water partition coefficient (Wildman–Crippen LogP) is 5.00. The van der Waals surface area contributed by atoms with Crippen molar-refractivity contribution in [3.8, 4) is 11.1 Å². The molecule has 0 saturated heterocycles. The summed E-state index contributed by atoms with van der Waals surface area (Å²) in [6.45, 7) is 3.90. The Labute approximate surface area is 177 Å². The highest BCUT2D eigenvalue weighted by Gasteiger charge is 2.36. The number of rotatable bonds is 4. The molecule has 1 aromatic heterocycles. The van der Waals surface area contributed by atoms with Crippen molar-refractivity contribution >= 4 is 46.5 Å². The first-order valence-corrected chi connectivity index (χ1v) is 9.81. The van der Waals surface area contributed by atoms with Crippen molar-refractivity contribution in [2.24, 2.45) is 0 Å². The van der Waals surface area contributed by atoms with Crippen LogP contribution in [0.3, 0.4) is 0 Å². The molecule has 1 aliphatic rings. The van der Waals surface area contributed by atoms with Gasteiger partial charge in [-0.05, 0) is 37.6 Å². The molecule has 29 heavy (non-hydrogen) atoms. The van der Waals surface area contributed by atoms with Crippen LogP contribution in [0.2, 0.25) is 10.0 Å². The first kappa shape index (κ1) is 19.5. The second-order valence-corrected chi connectivity index (χ2v) is 7.84. The highest BCUT2D eigenvalue weighted by Crippen LogP contribution is 2.38. The molecule has 1 unspecified atom stereocenters. The van der Waals surface area contributed by atoms with Crippen LogP contribution in [0.4, 0.5) is 11.5 Å². The number of anilines is 2. The highest BCUT2D eigenvalue weighted by atomic mass is 35.5. The molecule has 4 rings (SSSR count). The number of amides is 2. The second-order valence-electron chi connectivity index (χ2n) is 7.00. The van der Waals surface area contributed by atoms with Crippen molar-refractivity contribution in [1.82, 2.24) is 9.78 Å². The zero-order chi connectivity index (χ0) is 20.7. The van der Waals surface area contributed by atoms with Gasteiger partial charge in [-0.1, -0.05) is 53.0 Å². The highest BCUT2D eigenvalue weighted by molar-refractivity contribution is 6.35. The molecular formula is C21H18Cl2N4O2. The van der Waals surface area contributed by atoms with Crippen LogP contribution >= 0.6 is 23.2 Å². The Bertz CT molecular complexity index is 1120. The van der Waals surface area contributed by atoms with Gasteiger partial charge >= 0.3 is 0 Å². The Morgan fingerprint density at radius 2 is 1.90 bits per heavy atom. The molecule has 8 heteroatoms. The standard InChI is InChI=1S/C21H18Cl2N4O2/c1-11-3-5-13(6-4-11)19-12(2)26-27-17(21(29)25-20(19)27)10-18(28)24-16-9-14(22)7-8-15(16)23/h3-9,17H,10H2,1-2H3,(H,24,28)(H,25,29). The molecule has 0 fully saturated rings. The van der Waals surface area contributed by atoms with E-state index in [1.54, 1.807) is 22.9 Å². The van der Waals surface area contributed by atoms with Gasteiger partial charge in [-0.2, -0.15) is 5.10 Å². The Balaban J connectivity index is 1.59. The summed E-state index contributed by atoms with van der Waals surface area (Å²) in [4.78, 5) is 25.1. The van der Waals surface area contributed by atoms with E-state index in [-0.39, 0.29) is 18.2 Å². The first-order valence-electron chi connectivity index (χ1n) is 9.05. The molecule has 2 heterocycles. The second kappa shape index (κ2) is 7.54. The molecule has 0 spiro atoms. The van der Waals surface area contributed by atoms with Crippen LogP contribution in [0.15, 0.2) is 42.5 Å². The number of aromatic nitrogens is 2. The lowest BCUT2D eigenvalue weighted by atomic mass is 10.0. The number of fused-ring (bicyclic) bond motifs is 1. The average molecular weight is 429 g/mol. The topological polar surface area (TPSA) is 76.0 Å². The van der Waals surface area contributed by atoms with Gasteiger partial charge in [-0.25, -0.2) is 4.68 Å². The van der Waals surface area contributed by atoms with E-state index in [1.165, 1.54) is 0 Å². The molecule has 2 aromatic carbocycles. The minimum Gasteiger partial charge on any atom is -0.325 e. The van der Waals surface area contributed by atoms with Crippen LogP contribution in [0.5, 0.6) is 0 Å². The fourth-order valence-electron chi connectivity index (χ4n) is 3.42. The lowest BCUT2D eigenvalue weighted by Crippen LogP contribution is -2.23. The molecule has 6 nitrogen and oxygen atoms in total. The summed E-state index contributed by atoms with van der Waals surface area (Å²) < 4.78 is 1.59. The quantitative estimate of drug-likeness (QED) is 0.613. The smallest absolute Gasteiger partial charge is 0.251 e. The number of aryl methyl sites for hydroxylation is 2. The summed E-state index contributed by atoms with van der Waals surface area (Å²) in [7, 11) is 0. The number of carbonyl (C=O) groups is 2. The van der Waals surface area contributed by atoms with Crippen molar-refractivity contribution < 1.29 is 9.59 Å². The average Bonchev–Trinajstić information content (AvgIpc) is 3.13. The fraction of sp³-hybridized carbons (Fsp3) is 0.190. The van der Waals surface area contributed by atoms with Crippen molar-refractivity contribution in [3.63, 3.8) is 0 Å². The molecule has 0 aliphatic carbocycles. The fourth-order valence-corrected chi connectivity index (χ4v) is 3.76. The van der Waals surface area contributed by atoms with Gasteiger partial charge in [0.1, 0.15) is 11.9 Å². The molecule has 2 amide bonds. The summed E-state index contributed by atoms with van der Waals surface area (Å²) >= 11 is 12.1. The zero-order valence-corrected chi connectivity index (χ0v) is 17.3. The lowest BCUT2D eigenvalue weighted by Gasteiger charge is -2.11. The molecule has 0 bridgehead atoms. The minimum absolute atomic E-state index is 0.0733. The van der Waals surface area contributed by atoms with E-state index in [2.05, 4.69) is 15.7 Å². The summed E-state index contributed by atoms with van der Waals surface area (Å²) in [6, 6.07) is 12.1. The van der Waals surface area contributed by atoms with Gasteiger partial charge in [0, 0.05) is 10.6 Å². The van der Waals surface area contributed by atoms with Crippen LogP contribution in [-0.2, 0) is 9.59 Å². The Morgan fingerprint density at radius 1 is 1.17 bits per heavy atom. The van der Waals surface area contributed by atoms with Gasteiger partial charge in [-0.3, -0.25) is 9.59 Å². The summed E-state index contributed by atoms with van der Waals surface area (Å²) in [5.41, 5.74) is 4.16. The molecule has 0 radical (unpaired) electrons. The van der Waals surface area contributed by atoms with Gasteiger partial charge in [0.15, 0.2) is 0 Å². The van der Waals surface area contributed by atoms with E-state index < -0.39 is 6.04 Å². The molecule has 1 aliphatic heterocycles. The van der Waals surface area contributed by atoms with Gasteiger partial charge in [-0.15, -0.1) is 0 Å². The third-order valence-corrected chi connectivity index (χ3v) is 5.41. The molecule has 148 valence electrons. The maximum absolute atomic E-state index is 12.6. The van der Waals surface area contributed by atoms with Gasteiger partial charge < -0.3 is 10.6 Å². The molecule has 2 N–H and O–H groups in total. The summed E-state index contributed by atoms with van der Waals surface area (Å²) in [5, 5.41) is 10.9. The van der Waals surface area contributed by atoms with Crippen LogP contribution in [0.1, 0.15) is 23.7 Å². The van der Waals surface area contributed by atoms with Crippen molar-refractivity contribution in [2.75, 3.05) is 10.6 Å². The predicted molar refractivity (Wildman–Crippen MR) is 115 cm³/mol. The van der Waals surface area contributed by atoms with E-state index in [9.17, 15) is 9.59 Å². The van der Waals surface area contributed by atoms with Gasteiger partial charge in [0.2, 0.25) is 5.91 Å². The Hall–Kier alpha value is -2.83. The van der Waals surface area contributed by atoms with E-state index in [1.807, 2.05) is 38.1 Å². The number of carbonyl (C=O) groups excluding carboxylic acids is 2. The van der Waals surface area contributed by atoms with E-state index in [0.717, 1.165) is 22.4 Å². The van der Waals surface area contributed by atoms with Crippen molar-refractivity contribution in [1.29, 1.82) is 0 Å². The first-order chi connectivity index (χ1) is 13.8. The maximum atomic E-state index is 12.6. The Morgan fingerprint density at radius 3 is 2.62 bits per heavy atom. The third kappa shape index (κ3) is 3.73. The zero-order valence-electron chi connectivity index (χ0n) is 15.8. The monoisotopic (exact) mass is 428 g/mol. The third-order valence-electron chi connectivity index (χ3n) is 4.85. The minimum atomic E-state index is -0.735. The number of nitrogens with one attached hydrogen (secondary N) is 2. The van der Waals surface area contributed by atoms with E-state index in [4.69, 9.17) is 23.2 Å². The van der Waals surface area contributed by atoms with Gasteiger partial charge in [0.25, 0.3) is 5.91 Å². The normalized spacial score (nSPS) is 15.2.